The molecular formula is C55H78N12O14. The van der Waals surface area contributed by atoms with Crippen LogP contribution in [0, 0.1) is 11.8 Å². The highest BCUT2D eigenvalue weighted by atomic mass is 16.4. The summed E-state index contributed by atoms with van der Waals surface area (Å²) in [7, 11) is 0. The van der Waals surface area contributed by atoms with Gasteiger partial charge in [-0.05, 0) is 81.8 Å². The molecule has 81 heavy (non-hydrogen) atoms. The molecule has 26 nitrogen and oxygen atoms in total. The maximum absolute atomic E-state index is 14.0. The minimum Gasteiger partial charge on any atom is -0.481 e. The van der Waals surface area contributed by atoms with Crippen LogP contribution < -0.4 is 54.0 Å². The quantitative estimate of drug-likeness (QED) is 0.0428. The second-order valence-electron chi connectivity index (χ2n) is 21.6. The highest BCUT2D eigenvalue weighted by Gasteiger charge is 2.47. The molecule has 0 spiro atoms. The molecule has 12 atom stereocenters. The summed E-state index contributed by atoms with van der Waals surface area (Å²) in [6, 6.07) is 5.15. The molecule has 3 heterocycles. The van der Waals surface area contributed by atoms with Gasteiger partial charge in [0.15, 0.2) is 0 Å². The molecule has 3 aliphatic heterocycles. The number of amides is 11. The van der Waals surface area contributed by atoms with E-state index in [4.69, 9.17) is 11.5 Å². The number of likely N-dealkylation sites (tertiary alicyclic amines) is 1. The van der Waals surface area contributed by atoms with E-state index in [0.29, 0.717) is 19.3 Å². The Morgan fingerprint density at radius 3 is 1.77 bits per heavy atom. The van der Waals surface area contributed by atoms with Gasteiger partial charge in [-0.3, -0.25) is 57.5 Å². The summed E-state index contributed by atoms with van der Waals surface area (Å²) in [5, 5.41) is 40.5. The summed E-state index contributed by atoms with van der Waals surface area (Å²) in [5.74, 6) is -11.3. The number of carbonyl (C=O) groups is 12. The largest absolute Gasteiger partial charge is 0.481 e. The van der Waals surface area contributed by atoms with Crippen molar-refractivity contribution in [2.75, 3.05) is 13.1 Å². The fourth-order valence-electron chi connectivity index (χ4n) is 10.1. The Morgan fingerprint density at radius 2 is 1.19 bits per heavy atom. The number of nitrogens with two attached hydrogens (primary N) is 2. The number of fused-ring (bicyclic) bond motifs is 1. The Labute approximate surface area is 469 Å². The van der Waals surface area contributed by atoms with E-state index < -0.39 is 162 Å². The number of aliphatic hydroxyl groups excluding tert-OH is 1. The molecule has 0 aromatic heterocycles. The smallest absolute Gasteiger partial charge is 0.305 e. The van der Waals surface area contributed by atoms with E-state index in [-0.39, 0.29) is 44.7 Å². The minimum atomic E-state index is -1.86. The average molecular weight is 1130 g/mol. The molecule has 0 radical (unpaired) electrons. The van der Waals surface area contributed by atoms with Crippen molar-refractivity contribution in [3.05, 3.63) is 71.8 Å². The molecule has 0 unspecified atom stereocenters. The number of carbonyl (C=O) groups excluding carboxylic acids is 11. The van der Waals surface area contributed by atoms with E-state index in [1.807, 2.05) is 18.2 Å². The molecule has 0 saturated carbocycles. The van der Waals surface area contributed by atoms with Crippen LogP contribution in [0.15, 0.2) is 60.7 Å². The Balaban J connectivity index is 1.14. The molecule has 3 saturated heterocycles. The number of hydrogen-bond donors (Lipinski definition) is 12. The second kappa shape index (κ2) is 29.5. The van der Waals surface area contributed by atoms with Gasteiger partial charge >= 0.3 is 5.97 Å². The van der Waals surface area contributed by atoms with Gasteiger partial charge in [0.1, 0.15) is 54.4 Å². The van der Waals surface area contributed by atoms with E-state index in [1.54, 1.807) is 70.2 Å². The molecule has 0 aliphatic carbocycles. The minimum absolute atomic E-state index is 0.125. The number of benzene rings is 2. The first-order chi connectivity index (χ1) is 38.3. The van der Waals surface area contributed by atoms with Crippen LogP contribution in [0.5, 0.6) is 0 Å². The number of aliphatic hydroxyl groups is 1. The molecule has 3 fully saturated rings. The van der Waals surface area contributed by atoms with Crippen molar-refractivity contribution in [1.29, 1.82) is 0 Å². The van der Waals surface area contributed by atoms with Gasteiger partial charge in [-0.1, -0.05) is 88.4 Å². The number of rotatable bonds is 27. The van der Waals surface area contributed by atoms with Gasteiger partial charge in [-0.15, -0.1) is 0 Å². The fourth-order valence-corrected chi connectivity index (χ4v) is 10.1. The lowest BCUT2D eigenvalue weighted by atomic mass is 9.98. The van der Waals surface area contributed by atoms with Gasteiger partial charge in [-0.2, -0.15) is 0 Å². The zero-order valence-corrected chi connectivity index (χ0v) is 46.5. The van der Waals surface area contributed by atoms with Crippen LogP contribution in [0.3, 0.4) is 0 Å². The van der Waals surface area contributed by atoms with Gasteiger partial charge in [0.2, 0.25) is 65.0 Å². The highest BCUT2D eigenvalue weighted by Crippen LogP contribution is 2.33. The van der Waals surface area contributed by atoms with Gasteiger partial charge in [0, 0.05) is 19.0 Å². The SMILES string of the molecule is CC(C)[C@H](NC(=O)[C@H](CC(=O)O)NC(=O)[C@@H](NC(=O)[C@@H]1CCCN1C(=O)[C@@H](NC(=O)[C@@H](N)Cc1ccccc1)C(C)C)[C@@H](C)O)C(=O)NCC(=O)N[C@H]1CC[C@H]2CC[C@@H](C(=O)N[C@@H](C)C(=O)N[C@@H](Cc3ccccc3)C(N)=O)N2C1=O. The topological polar surface area (TPSA) is 400 Å². The van der Waals surface area contributed by atoms with Crippen molar-refractivity contribution >= 4 is 70.9 Å². The lowest BCUT2D eigenvalue weighted by molar-refractivity contribution is -0.146. The molecular weight excluding hydrogens is 1050 g/mol. The standard InChI is InChI=1S/C55H78N12O14/c1-28(2)43(52(78)58-27-41(69)60-36-21-19-34-20-22-40(67(34)54(36)80)51(77)59-30(5)47(73)61-37(46(57)72)25-33-16-11-8-12-17-33)63-49(75)38(26-42(70)71)62-53(79)45(31(6)68)65-50(76)39-18-13-23-66(39)55(81)44(29(3)4)64-48(74)35(56)24-32-14-9-7-10-15-32/h7-12,14-17,28-31,34-40,43-45,68H,13,18-27,56H2,1-6H3,(H2,57,72)(H,58,78)(H,59,77)(H,60,69)(H,61,73)(H,62,79)(H,63,75)(H,64,74)(H,65,76)(H,70,71)/t30-,31+,34-,35-,36-,37-,38-,39-,40-,43-,44-,45-/m0/s1. The van der Waals surface area contributed by atoms with Crippen LogP contribution in [0.4, 0.5) is 0 Å². The third-order valence-electron chi connectivity index (χ3n) is 14.6. The van der Waals surface area contributed by atoms with E-state index in [1.165, 1.54) is 23.6 Å². The molecule has 2 aromatic rings. The summed E-state index contributed by atoms with van der Waals surface area (Å²) in [6.45, 7) is 8.55. The van der Waals surface area contributed by atoms with Crippen LogP contribution in [-0.2, 0) is 70.4 Å². The first-order valence-electron chi connectivity index (χ1n) is 27.3. The van der Waals surface area contributed by atoms with Crippen molar-refractivity contribution in [3.63, 3.8) is 0 Å². The van der Waals surface area contributed by atoms with E-state index in [0.717, 1.165) is 11.1 Å². The lowest BCUT2D eigenvalue weighted by Gasteiger charge is -2.38. The molecule has 14 N–H and O–H groups in total. The predicted octanol–water partition coefficient (Wildman–Crippen LogP) is -2.87. The predicted molar refractivity (Wildman–Crippen MR) is 291 cm³/mol. The zero-order chi connectivity index (χ0) is 59.8. The number of nitrogens with zero attached hydrogens (tertiary/aromatic N) is 2. The number of hydrogen-bond acceptors (Lipinski definition) is 14. The molecule has 0 bridgehead atoms. The van der Waals surface area contributed by atoms with Crippen LogP contribution >= 0.6 is 0 Å². The van der Waals surface area contributed by atoms with Gasteiger partial charge < -0.3 is 74.0 Å². The van der Waals surface area contributed by atoms with Crippen LogP contribution in [0.2, 0.25) is 0 Å². The fraction of sp³-hybridized carbons (Fsp3) is 0.564. The molecule has 11 amide bonds. The Bertz CT molecular complexity index is 2620. The normalized spacial score (nSPS) is 20.6. The van der Waals surface area contributed by atoms with Crippen molar-refractivity contribution in [2.24, 2.45) is 23.3 Å². The Morgan fingerprint density at radius 1 is 0.617 bits per heavy atom. The lowest BCUT2D eigenvalue weighted by Crippen LogP contribution is -2.62. The molecule has 442 valence electrons. The maximum atomic E-state index is 14.0. The molecule has 26 heteroatoms. The highest BCUT2D eigenvalue weighted by molar-refractivity contribution is 6.00. The Hall–Kier alpha value is -8.00. The van der Waals surface area contributed by atoms with E-state index in [9.17, 15) is 67.7 Å². The molecule has 2 aromatic carbocycles. The van der Waals surface area contributed by atoms with Crippen LogP contribution in [0.1, 0.15) is 97.6 Å². The Kier molecular flexibility index (Phi) is 23.2. The number of nitrogens with one attached hydrogen (secondary N) is 8. The average Bonchev–Trinajstić information content (AvgIpc) is 4.31. The van der Waals surface area contributed by atoms with Crippen molar-refractivity contribution in [1.82, 2.24) is 52.3 Å². The van der Waals surface area contributed by atoms with Gasteiger partial charge in [0.05, 0.1) is 25.1 Å². The summed E-state index contributed by atoms with van der Waals surface area (Å²) in [5.41, 5.74) is 13.3. The third-order valence-corrected chi connectivity index (χ3v) is 14.6. The number of carboxylic acid groups (broad SMARTS) is 1. The number of carboxylic acids is 1. The first-order valence-corrected chi connectivity index (χ1v) is 27.3. The number of primary amides is 1. The molecule has 3 aliphatic rings. The molecule has 5 rings (SSSR count). The zero-order valence-electron chi connectivity index (χ0n) is 46.5. The van der Waals surface area contributed by atoms with Gasteiger partial charge in [0.25, 0.3) is 0 Å². The van der Waals surface area contributed by atoms with Crippen molar-refractivity contribution in [2.45, 2.75) is 172 Å². The van der Waals surface area contributed by atoms with Crippen LogP contribution in [-0.4, -0.2) is 177 Å². The van der Waals surface area contributed by atoms with E-state index in [2.05, 4.69) is 42.5 Å². The summed E-state index contributed by atoms with van der Waals surface area (Å²) < 4.78 is 0. The summed E-state index contributed by atoms with van der Waals surface area (Å²) >= 11 is 0. The van der Waals surface area contributed by atoms with Gasteiger partial charge in [-0.25, -0.2) is 0 Å². The first kappa shape index (κ1) is 63.8. The summed E-state index contributed by atoms with van der Waals surface area (Å²) in [6.07, 6.45) is -0.348. The maximum Gasteiger partial charge on any atom is 0.305 e. The second-order valence-corrected chi connectivity index (χ2v) is 21.6. The summed E-state index contributed by atoms with van der Waals surface area (Å²) in [4.78, 5) is 163. The third kappa shape index (κ3) is 17.7. The van der Waals surface area contributed by atoms with Crippen molar-refractivity contribution < 1.29 is 67.7 Å². The monoisotopic (exact) mass is 1130 g/mol. The number of piperidine rings is 1. The van der Waals surface area contributed by atoms with E-state index >= 15 is 0 Å². The van der Waals surface area contributed by atoms with Crippen LogP contribution in [0.25, 0.3) is 0 Å². The number of aliphatic carboxylic acids is 1. The van der Waals surface area contributed by atoms with Crippen molar-refractivity contribution in [3.8, 4) is 0 Å².